The molecule has 1 saturated heterocycles. The van der Waals surface area contributed by atoms with Gasteiger partial charge < -0.3 is 15.2 Å². The number of terminal acetylenes is 1. The summed E-state index contributed by atoms with van der Waals surface area (Å²) in [5.41, 5.74) is 1.60. The Balaban J connectivity index is 1.43. The molecule has 3 heterocycles. The van der Waals surface area contributed by atoms with Crippen LogP contribution in [0.3, 0.4) is 0 Å². The second-order valence-corrected chi connectivity index (χ2v) is 10.1. The van der Waals surface area contributed by atoms with Gasteiger partial charge in [-0.15, -0.1) is 6.42 Å². The van der Waals surface area contributed by atoms with Gasteiger partial charge in [0.15, 0.2) is 5.82 Å². The number of pyridine rings is 1. The Hall–Kier alpha value is -3.54. The van der Waals surface area contributed by atoms with Crippen LogP contribution in [0.5, 0.6) is 5.75 Å². The van der Waals surface area contributed by atoms with Crippen molar-refractivity contribution in [3.05, 3.63) is 53.4 Å². The Kier molecular flexibility index (Phi) is 4.66. The minimum absolute atomic E-state index is 0.0164. The lowest BCUT2D eigenvalue weighted by atomic mass is 9.95. The molecule has 0 bridgehead atoms. The molecule has 1 aliphatic heterocycles. The number of rotatable bonds is 5. The van der Waals surface area contributed by atoms with Crippen LogP contribution in [0.15, 0.2) is 30.5 Å². The first-order valence-electron chi connectivity index (χ1n) is 12.2. The Morgan fingerprint density at radius 3 is 2.86 bits per heavy atom. The SMILES string of the molecule is C#Cc1c(F)ccc2cc(O)cc(-c3ncc4c([C@H]5[C@@H]6CNC(COC)[C@@H]65)nn(C5CC5)c4c3F)c12. The van der Waals surface area contributed by atoms with Gasteiger partial charge in [-0.1, -0.05) is 12.0 Å². The second kappa shape index (κ2) is 7.73. The van der Waals surface area contributed by atoms with Gasteiger partial charge in [0.25, 0.3) is 0 Å². The Labute approximate surface area is 206 Å². The first kappa shape index (κ1) is 21.7. The molecule has 4 aromatic rings. The van der Waals surface area contributed by atoms with E-state index in [1.807, 2.05) is 4.68 Å². The number of fused-ring (bicyclic) bond motifs is 3. The van der Waals surface area contributed by atoms with Crippen molar-refractivity contribution in [2.24, 2.45) is 11.8 Å². The quantitative estimate of drug-likeness (QED) is 0.407. The van der Waals surface area contributed by atoms with Crippen LogP contribution in [0.25, 0.3) is 32.9 Å². The summed E-state index contributed by atoms with van der Waals surface area (Å²) in [5, 5.41) is 20.4. The van der Waals surface area contributed by atoms with Gasteiger partial charge in [-0.05, 0) is 54.8 Å². The van der Waals surface area contributed by atoms with Gasteiger partial charge in [-0.25, -0.2) is 8.78 Å². The Morgan fingerprint density at radius 1 is 1.28 bits per heavy atom. The van der Waals surface area contributed by atoms with E-state index >= 15 is 4.39 Å². The number of hydrogen-bond acceptors (Lipinski definition) is 5. The molecule has 3 aliphatic rings. The van der Waals surface area contributed by atoms with E-state index in [0.717, 1.165) is 25.1 Å². The summed E-state index contributed by atoms with van der Waals surface area (Å²) in [6.07, 6.45) is 9.19. The number of piperidine rings is 1. The largest absolute Gasteiger partial charge is 0.508 e. The molecule has 1 unspecified atom stereocenters. The summed E-state index contributed by atoms with van der Waals surface area (Å²) in [6.45, 7) is 1.53. The minimum atomic E-state index is -0.580. The summed E-state index contributed by atoms with van der Waals surface area (Å²) in [4.78, 5) is 4.52. The highest BCUT2D eigenvalue weighted by atomic mass is 19.1. The maximum absolute atomic E-state index is 16.4. The van der Waals surface area contributed by atoms with E-state index in [2.05, 4.69) is 16.2 Å². The average Bonchev–Trinajstić information content (AvgIpc) is 3.76. The van der Waals surface area contributed by atoms with Crippen molar-refractivity contribution >= 4 is 21.7 Å². The number of halogens is 2. The van der Waals surface area contributed by atoms with Gasteiger partial charge >= 0.3 is 0 Å². The van der Waals surface area contributed by atoms with Crippen LogP contribution in [0.4, 0.5) is 8.78 Å². The van der Waals surface area contributed by atoms with E-state index in [1.165, 1.54) is 24.3 Å². The van der Waals surface area contributed by atoms with Crippen molar-refractivity contribution in [3.63, 3.8) is 0 Å². The third-order valence-electron chi connectivity index (χ3n) is 8.03. The highest BCUT2D eigenvalue weighted by Crippen LogP contribution is 2.59. The van der Waals surface area contributed by atoms with Crippen molar-refractivity contribution in [3.8, 4) is 29.4 Å². The van der Waals surface area contributed by atoms with E-state index < -0.39 is 11.6 Å². The summed E-state index contributed by atoms with van der Waals surface area (Å²) >= 11 is 0. The number of aromatic nitrogens is 3. The zero-order valence-corrected chi connectivity index (χ0v) is 19.6. The third kappa shape index (κ3) is 3.03. The lowest BCUT2D eigenvalue weighted by Gasteiger charge is -2.14. The molecule has 2 N–H and O–H groups in total. The number of aromatic hydroxyl groups is 1. The molecule has 2 aromatic heterocycles. The lowest BCUT2D eigenvalue weighted by molar-refractivity contribution is 0.164. The number of nitrogens with one attached hydrogen (secondary N) is 1. The maximum atomic E-state index is 16.4. The topological polar surface area (TPSA) is 72.2 Å². The van der Waals surface area contributed by atoms with Crippen LogP contribution in [0.1, 0.15) is 36.1 Å². The smallest absolute Gasteiger partial charge is 0.175 e. The maximum Gasteiger partial charge on any atom is 0.175 e. The van der Waals surface area contributed by atoms with E-state index in [4.69, 9.17) is 16.3 Å². The molecule has 6 nitrogen and oxygen atoms in total. The van der Waals surface area contributed by atoms with Crippen molar-refractivity contribution in [2.45, 2.75) is 30.8 Å². The summed E-state index contributed by atoms with van der Waals surface area (Å²) in [7, 11) is 1.70. The van der Waals surface area contributed by atoms with Gasteiger partial charge in [0.05, 0.1) is 23.9 Å². The van der Waals surface area contributed by atoms with Crippen LogP contribution >= 0.6 is 0 Å². The van der Waals surface area contributed by atoms with Gasteiger partial charge in [0.1, 0.15) is 22.8 Å². The number of hydrogen-bond donors (Lipinski definition) is 2. The van der Waals surface area contributed by atoms with E-state index in [-0.39, 0.29) is 40.6 Å². The first-order chi connectivity index (χ1) is 17.5. The van der Waals surface area contributed by atoms with Gasteiger partial charge in [0.2, 0.25) is 0 Å². The van der Waals surface area contributed by atoms with E-state index in [0.29, 0.717) is 40.1 Å². The molecule has 0 radical (unpaired) electrons. The van der Waals surface area contributed by atoms with Gasteiger partial charge in [-0.3, -0.25) is 9.67 Å². The first-order valence-corrected chi connectivity index (χ1v) is 12.2. The number of methoxy groups -OCH3 is 1. The number of phenolic OH excluding ortho intramolecular Hbond substituents is 1. The van der Waals surface area contributed by atoms with Crippen LogP contribution in [-0.4, -0.2) is 46.2 Å². The highest BCUT2D eigenvalue weighted by Gasteiger charge is 2.60. The van der Waals surface area contributed by atoms with Gasteiger partial charge in [0, 0.05) is 41.6 Å². The summed E-state index contributed by atoms with van der Waals surface area (Å²) in [5.74, 6) is 2.30. The minimum Gasteiger partial charge on any atom is -0.508 e. The molecule has 182 valence electrons. The molecule has 0 amide bonds. The fraction of sp³-hybridized carbons (Fsp3) is 0.357. The van der Waals surface area contributed by atoms with E-state index in [9.17, 15) is 9.50 Å². The average molecular weight is 487 g/mol. The molecule has 36 heavy (non-hydrogen) atoms. The predicted octanol–water partition coefficient (Wildman–Crippen LogP) is 4.50. The Morgan fingerprint density at radius 2 is 2.11 bits per heavy atom. The molecule has 0 spiro atoms. The van der Waals surface area contributed by atoms with Crippen LogP contribution in [-0.2, 0) is 4.74 Å². The second-order valence-electron chi connectivity index (χ2n) is 10.1. The fourth-order valence-electron chi connectivity index (χ4n) is 6.25. The van der Waals surface area contributed by atoms with Crippen molar-refractivity contribution < 1.29 is 18.6 Å². The normalized spacial score (nSPS) is 24.8. The molecule has 2 saturated carbocycles. The summed E-state index contributed by atoms with van der Waals surface area (Å²) < 4.78 is 38.2. The predicted molar refractivity (Wildman–Crippen MR) is 132 cm³/mol. The zero-order chi connectivity index (χ0) is 24.7. The molecular weight excluding hydrogens is 462 g/mol. The Bertz CT molecular complexity index is 1600. The number of benzene rings is 2. The highest BCUT2D eigenvalue weighted by molar-refractivity contribution is 6.02. The zero-order valence-electron chi connectivity index (χ0n) is 19.6. The van der Waals surface area contributed by atoms with Crippen LogP contribution in [0, 0.1) is 35.8 Å². The summed E-state index contributed by atoms with van der Waals surface area (Å²) in [6, 6.07) is 6.06. The van der Waals surface area contributed by atoms with Gasteiger partial charge in [-0.2, -0.15) is 5.10 Å². The van der Waals surface area contributed by atoms with Crippen molar-refractivity contribution in [1.82, 2.24) is 20.1 Å². The monoisotopic (exact) mass is 486 g/mol. The molecular formula is C28H24F2N4O2. The number of phenols is 1. The molecule has 2 aliphatic carbocycles. The van der Waals surface area contributed by atoms with Crippen LogP contribution < -0.4 is 5.32 Å². The molecule has 7 rings (SSSR count). The molecule has 4 atom stereocenters. The molecule has 2 aromatic carbocycles. The number of nitrogens with zero attached hydrogens (tertiary/aromatic N) is 3. The lowest BCUT2D eigenvalue weighted by Crippen LogP contribution is -2.32. The van der Waals surface area contributed by atoms with Crippen molar-refractivity contribution in [1.29, 1.82) is 0 Å². The molecule has 8 heteroatoms. The van der Waals surface area contributed by atoms with Crippen LogP contribution in [0.2, 0.25) is 0 Å². The standard InChI is InChI=1S/C28H24F2N4O2/c1-3-16-20(29)7-4-13-8-15(35)9-17(22(13)16)27-25(30)28-19(11-32-27)26(33-34(28)14-5-6-14)24-18-10-31-21(12-36-2)23(18)24/h1,4,7-9,11,14,18,21,23-24,31,35H,5-6,10,12H2,2H3/t18-,21?,23-,24+/m1/s1. The van der Waals surface area contributed by atoms with Crippen molar-refractivity contribution in [2.75, 3.05) is 20.3 Å². The molecule has 3 fully saturated rings. The third-order valence-corrected chi connectivity index (χ3v) is 8.03. The number of ether oxygens (including phenoxy) is 1. The fourth-order valence-corrected chi connectivity index (χ4v) is 6.25. The van der Waals surface area contributed by atoms with E-state index in [1.54, 1.807) is 13.3 Å².